The number of carbonyl (C=O) groups is 1. The number of esters is 1. The zero-order chi connectivity index (χ0) is 37.4. The van der Waals surface area contributed by atoms with E-state index in [1.807, 2.05) is 6.92 Å². The third-order valence-electron chi connectivity index (χ3n) is 9.62. The Balaban J connectivity index is 1.76. The molecule has 51 heavy (non-hydrogen) atoms. The Bertz CT molecular complexity index is 865. The number of carbonyl (C=O) groups excluding carboxylic acids is 1. The van der Waals surface area contributed by atoms with Crippen molar-refractivity contribution >= 4 is 5.97 Å². The summed E-state index contributed by atoms with van der Waals surface area (Å²) in [6.45, 7) is 3.49. The Kier molecular flexibility index (Phi) is 24.9. The number of aliphatic hydroxyl groups excluding tert-OH is 7. The molecule has 2 aliphatic rings. The van der Waals surface area contributed by atoms with Gasteiger partial charge in [0.05, 0.1) is 26.4 Å². The SMILES string of the molecule is CCCCCCCCCCCCCCCCOCC(COC1OC(COC2OC(CO)C(O)C(O)C2O)C(O)C(O)C1O)OC(=O)CCCCC. The molecule has 11 atom stereocenters. The summed E-state index contributed by atoms with van der Waals surface area (Å²) in [6, 6.07) is 0. The smallest absolute Gasteiger partial charge is 0.306 e. The molecule has 2 fully saturated rings. The van der Waals surface area contributed by atoms with Crippen LogP contribution in [0.3, 0.4) is 0 Å². The van der Waals surface area contributed by atoms with Gasteiger partial charge in [-0.3, -0.25) is 4.79 Å². The van der Waals surface area contributed by atoms with Crippen molar-refractivity contribution in [3.05, 3.63) is 0 Å². The van der Waals surface area contributed by atoms with Gasteiger partial charge in [-0.2, -0.15) is 0 Å². The van der Waals surface area contributed by atoms with Crippen molar-refractivity contribution in [3.8, 4) is 0 Å². The van der Waals surface area contributed by atoms with Crippen molar-refractivity contribution in [1.82, 2.24) is 0 Å². The van der Waals surface area contributed by atoms with Crippen LogP contribution in [0.4, 0.5) is 0 Å². The van der Waals surface area contributed by atoms with Crippen LogP contribution in [0.5, 0.6) is 0 Å². The van der Waals surface area contributed by atoms with Gasteiger partial charge in [-0.05, 0) is 12.8 Å². The van der Waals surface area contributed by atoms with Gasteiger partial charge in [-0.15, -0.1) is 0 Å². The Hall–Kier alpha value is -1.01. The molecule has 2 aliphatic heterocycles. The highest BCUT2D eigenvalue weighted by Gasteiger charge is 2.47. The Morgan fingerprint density at radius 1 is 0.569 bits per heavy atom. The van der Waals surface area contributed by atoms with Gasteiger partial charge in [0.1, 0.15) is 54.9 Å². The third kappa shape index (κ3) is 17.8. The first-order valence-corrected chi connectivity index (χ1v) is 19.6. The summed E-state index contributed by atoms with van der Waals surface area (Å²) in [6.07, 6.45) is 4.24. The van der Waals surface area contributed by atoms with E-state index in [0.717, 1.165) is 32.1 Å². The fourth-order valence-corrected chi connectivity index (χ4v) is 6.28. The molecule has 0 saturated carbocycles. The average Bonchev–Trinajstić information content (AvgIpc) is 3.12. The van der Waals surface area contributed by atoms with Crippen LogP contribution in [0.2, 0.25) is 0 Å². The zero-order valence-electron chi connectivity index (χ0n) is 31.1. The van der Waals surface area contributed by atoms with E-state index in [2.05, 4.69) is 6.92 Å². The molecule has 11 unspecified atom stereocenters. The minimum Gasteiger partial charge on any atom is -0.457 e. The molecule has 0 aliphatic carbocycles. The Labute approximate surface area is 304 Å². The fraction of sp³-hybridized carbons (Fsp3) is 0.973. The van der Waals surface area contributed by atoms with E-state index in [4.69, 9.17) is 28.4 Å². The van der Waals surface area contributed by atoms with Crippen LogP contribution in [-0.4, -0.2) is 142 Å². The molecule has 0 aromatic heterocycles. The molecular formula is C37H70O14. The second-order valence-corrected chi connectivity index (χ2v) is 14.1. The first-order chi connectivity index (χ1) is 24.6. The molecular weight excluding hydrogens is 668 g/mol. The first-order valence-electron chi connectivity index (χ1n) is 19.6. The molecule has 14 nitrogen and oxygen atoms in total. The van der Waals surface area contributed by atoms with Gasteiger partial charge < -0.3 is 64.2 Å². The van der Waals surface area contributed by atoms with Gasteiger partial charge in [-0.25, -0.2) is 0 Å². The molecule has 2 heterocycles. The number of hydrogen-bond acceptors (Lipinski definition) is 14. The highest BCUT2D eigenvalue weighted by Crippen LogP contribution is 2.26. The number of unbranched alkanes of at least 4 members (excludes halogenated alkanes) is 15. The van der Waals surface area contributed by atoms with Gasteiger partial charge in [0, 0.05) is 13.0 Å². The molecule has 0 radical (unpaired) electrons. The topological polar surface area (TPSA) is 214 Å². The van der Waals surface area contributed by atoms with Gasteiger partial charge >= 0.3 is 5.97 Å². The van der Waals surface area contributed by atoms with E-state index in [-0.39, 0.29) is 19.6 Å². The second kappa shape index (κ2) is 27.6. The summed E-state index contributed by atoms with van der Waals surface area (Å²) in [4.78, 5) is 12.5. The van der Waals surface area contributed by atoms with E-state index in [1.165, 1.54) is 70.6 Å². The van der Waals surface area contributed by atoms with E-state index in [0.29, 0.717) is 13.0 Å². The first kappa shape index (κ1) is 46.1. The van der Waals surface area contributed by atoms with Gasteiger partial charge in [0.25, 0.3) is 0 Å². The van der Waals surface area contributed by atoms with Crippen molar-refractivity contribution in [1.29, 1.82) is 0 Å². The second-order valence-electron chi connectivity index (χ2n) is 14.1. The predicted molar refractivity (Wildman–Crippen MR) is 188 cm³/mol. The lowest BCUT2D eigenvalue weighted by Crippen LogP contribution is -2.61. The lowest BCUT2D eigenvalue weighted by molar-refractivity contribution is -0.332. The quantitative estimate of drug-likeness (QED) is 0.0434. The van der Waals surface area contributed by atoms with Crippen LogP contribution < -0.4 is 0 Å². The fourth-order valence-electron chi connectivity index (χ4n) is 6.28. The van der Waals surface area contributed by atoms with Gasteiger partial charge in [0.15, 0.2) is 12.6 Å². The molecule has 14 heteroatoms. The summed E-state index contributed by atoms with van der Waals surface area (Å²) in [5, 5.41) is 71.3. The minimum absolute atomic E-state index is 0.0651. The van der Waals surface area contributed by atoms with E-state index < -0.39 is 86.7 Å². The lowest BCUT2D eigenvalue weighted by atomic mass is 9.98. The van der Waals surface area contributed by atoms with Crippen LogP contribution in [0, 0.1) is 0 Å². The van der Waals surface area contributed by atoms with E-state index in [1.54, 1.807) is 0 Å². The maximum Gasteiger partial charge on any atom is 0.306 e. The molecule has 302 valence electrons. The molecule has 7 N–H and O–H groups in total. The highest BCUT2D eigenvalue weighted by atomic mass is 16.7. The van der Waals surface area contributed by atoms with Crippen molar-refractivity contribution in [2.75, 3.05) is 33.0 Å². The third-order valence-corrected chi connectivity index (χ3v) is 9.62. The largest absolute Gasteiger partial charge is 0.457 e. The Morgan fingerprint density at radius 3 is 1.59 bits per heavy atom. The zero-order valence-corrected chi connectivity index (χ0v) is 31.1. The summed E-state index contributed by atoms with van der Waals surface area (Å²) in [5.74, 6) is -0.400. The van der Waals surface area contributed by atoms with Crippen molar-refractivity contribution in [2.24, 2.45) is 0 Å². The highest BCUT2D eigenvalue weighted by molar-refractivity contribution is 5.69. The molecule has 2 rings (SSSR count). The number of rotatable bonds is 29. The molecule has 0 aromatic rings. The summed E-state index contributed by atoms with van der Waals surface area (Å²) in [5.41, 5.74) is 0. The van der Waals surface area contributed by atoms with Gasteiger partial charge in [-0.1, -0.05) is 110 Å². The van der Waals surface area contributed by atoms with Crippen LogP contribution in [-0.2, 0) is 33.2 Å². The van der Waals surface area contributed by atoms with Crippen molar-refractivity contribution in [2.45, 2.75) is 197 Å². The standard InChI is InChI=1S/C37H70O14/c1-3-5-7-8-9-10-11-12-13-14-15-16-17-19-21-46-23-26(49-29(39)20-18-6-4-2)24-47-36-35(45)33(43)31(41)28(51-36)25-48-37-34(44)32(42)30(40)27(22-38)50-37/h26-28,30-38,40-45H,3-25H2,1-2H3. The predicted octanol–water partition coefficient (Wildman–Crippen LogP) is 2.62. The summed E-state index contributed by atoms with van der Waals surface area (Å²) in [7, 11) is 0. The Morgan fingerprint density at radius 2 is 1.04 bits per heavy atom. The maximum atomic E-state index is 12.5. The van der Waals surface area contributed by atoms with Crippen molar-refractivity contribution < 1.29 is 69.0 Å². The maximum absolute atomic E-state index is 12.5. The minimum atomic E-state index is -1.70. The normalized spacial score (nSPS) is 30.4. The summed E-state index contributed by atoms with van der Waals surface area (Å²) < 4.78 is 33.7. The van der Waals surface area contributed by atoms with Crippen LogP contribution in [0.25, 0.3) is 0 Å². The molecule has 2 saturated heterocycles. The van der Waals surface area contributed by atoms with E-state index >= 15 is 0 Å². The number of ether oxygens (including phenoxy) is 6. The van der Waals surface area contributed by atoms with Crippen LogP contribution >= 0.6 is 0 Å². The van der Waals surface area contributed by atoms with Gasteiger partial charge in [0.2, 0.25) is 0 Å². The number of aliphatic hydroxyl groups is 7. The lowest BCUT2D eigenvalue weighted by Gasteiger charge is -2.42. The van der Waals surface area contributed by atoms with E-state index in [9.17, 15) is 40.5 Å². The summed E-state index contributed by atoms with van der Waals surface area (Å²) >= 11 is 0. The molecule has 0 bridgehead atoms. The van der Waals surface area contributed by atoms with Crippen LogP contribution in [0.15, 0.2) is 0 Å². The molecule has 0 aromatic carbocycles. The molecule has 0 amide bonds. The van der Waals surface area contributed by atoms with Crippen LogP contribution in [0.1, 0.15) is 129 Å². The van der Waals surface area contributed by atoms with Crippen molar-refractivity contribution in [3.63, 3.8) is 0 Å². The molecule has 0 spiro atoms. The monoisotopic (exact) mass is 738 g/mol. The number of hydrogen-bond donors (Lipinski definition) is 7. The average molecular weight is 739 g/mol.